The Hall–Kier alpha value is -3.33. The van der Waals surface area contributed by atoms with Crippen LogP contribution in [-0.4, -0.2) is 16.4 Å². The number of nitrogens with one attached hydrogen (secondary N) is 1. The van der Waals surface area contributed by atoms with E-state index in [0.717, 1.165) is 45.1 Å². The maximum Gasteiger partial charge on any atom is 0.140 e. The molecule has 1 heterocycles. The number of fused-ring (bicyclic) bond motifs is 1. The fourth-order valence-electron chi connectivity index (χ4n) is 3.94. The molecule has 0 aliphatic rings. The van der Waals surface area contributed by atoms with Crippen LogP contribution >= 0.6 is 0 Å². The Balaban J connectivity index is 2.10. The van der Waals surface area contributed by atoms with Crippen molar-refractivity contribution in [3.05, 3.63) is 101 Å². The zero-order chi connectivity index (χ0) is 19.0. The molecule has 2 N–H and O–H groups in total. The van der Waals surface area contributed by atoms with Crippen LogP contribution in [0.4, 0.5) is 0 Å². The minimum atomic E-state index is -0.983. The second-order valence-electron chi connectivity index (χ2n) is 7.01. The van der Waals surface area contributed by atoms with E-state index in [9.17, 15) is 9.90 Å². The Labute approximate surface area is 158 Å². The number of aromatic nitrogens is 1. The Morgan fingerprint density at radius 2 is 1.63 bits per heavy atom. The number of aromatic amines is 1. The minimum absolute atomic E-state index is 0.177. The molecule has 0 saturated heterocycles. The highest BCUT2D eigenvalue weighted by atomic mass is 16.3. The van der Waals surface area contributed by atoms with E-state index in [0.29, 0.717) is 0 Å². The maximum atomic E-state index is 12.8. The minimum Gasteiger partial charge on any atom is -0.508 e. The number of aromatic hydroxyl groups is 1. The van der Waals surface area contributed by atoms with Gasteiger partial charge in [0.2, 0.25) is 0 Å². The average molecular weight is 355 g/mol. The van der Waals surface area contributed by atoms with Gasteiger partial charge in [-0.3, -0.25) is 0 Å². The van der Waals surface area contributed by atoms with E-state index in [1.54, 1.807) is 12.1 Å². The molecule has 134 valence electrons. The van der Waals surface area contributed by atoms with E-state index in [1.807, 2.05) is 68.4 Å². The van der Waals surface area contributed by atoms with Crippen molar-refractivity contribution in [2.75, 3.05) is 0 Å². The van der Waals surface area contributed by atoms with Crippen LogP contribution in [0.1, 0.15) is 27.9 Å². The number of carbonyl (C=O) groups is 1. The number of phenolic OH excluding ortho intramolecular Hbond substituents is 1. The highest BCUT2D eigenvalue weighted by Crippen LogP contribution is 2.41. The third-order valence-corrected chi connectivity index (χ3v) is 5.33. The summed E-state index contributed by atoms with van der Waals surface area (Å²) in [5.41, 5.74) is 4.73. The van der Waals surface area contributed by atoms with Crippen molar-refractivity contribution in [3.63, 3.8) is 0 Å². The highest BCUT2D eigenvalue weighted by molar-refractivity contribution is 5.90. The fraction of sp³-hybridized carbons (Fsp3) is 0.125. The molecule has 0 saturated carbocycles. The molecule has 0 amide bonds. The van der Waals surface area contributed by atoms with Gasteiger partial charge >= 0.3 is 0 Å². The van der Waals surface area contributed by atoms with Gasteiger partial charge in [-0.1, -0.05) is 60.2 Å². The van der Waals surface area contributed by atoms with Gasteiger partial charge in [-0.25, -0.2) is 0 Å². The first-order chi connectivity index (χ1) is 13.1. The molecular formula is C24H21NO2. The summed E-state index contributed by atoms with van der Waals surface area (Å²) in [4.78, 5) is 16.3. The molecule has 0 bridgehead atoms. The Morgan fingerprint density at radius 1 is 0.889 bits per heavy atom. The molecule has 1 aromatic heterocycles. The normalized spacial score (nSPS) is 13.4. The van der Waals surface area contributed by atoms with Crippen LogP contribution in [0.25, 0.3) is 10.9 Å². The quantitative estimate of drug-likeness (QED) is 0.505. The molecule has 0 unspecified atom stereocenters. The van der Waals surface area contributed by atoms with Gasteiger partial charge in [0, 0.05) is 16.6 Å². The number of phenols is 1. The van der Waals surface area contributed by atoms with E-state index in [2.05, 4.69) is 11.1 Å². The van der Waals surface area contributed by atoms with Gasteiger partial charge in [0.1, 0.15) is 17.5 Å². The summed E-state index contributed by atoms with van der Waals surface area (Å²) in [6.07, 6.45) is 1.01. The summed E-state index contributed by atoms with van der Waals surface area (Å²) >= 11 is 0. The van der Waals surface area contributed by atoms with Crippen molar-refractivity contribution in [2.24, 2.45) is 0 Å². The van der Waals surface area contributed by atoms with Gasteiger partial charge in [0.15, 0.2) is 0 Å². The van der Waals surface area contributed by atoms with Gasteiger partial charge in [-0.15, -0.1) is 0 Å². The standard InChI is InChI=1S/C24H21NO2/c1-16-6-5-7-19(14-16)24(15-26,18-10-12-20(27)13-11-18)23-17(2)21-8-3-4-9-22(21)25-23/h3-15,25,27H,1-2H3/t24-/m0/s1. The molecule has 0 radical (unpaired) electrons. The zero-order valence-electron chi connectivity index (χ0n) is 15.4. The van der Waals surface area contributed by atoms with Crippen LogP contribution in [0.3, 0.4) is 0 Å². The molecular weight excluding hydrogens is 334 g/mol. The average Bonchev–Trinajstić information content (AvgIpc) is 3.02. The van der Waals surface area contributed by atoms with Crippen molar-refractivity contribution in [1.29, 1.82) is 0 Å². The lowest BCUT2D eigenvalue weighted by Crippen LogP contribution is -2.32. The number of benzene rings is 3. The van der Waals surface area contributed by atoms with E-state index in [-0.39, 0.29) is 5.75 Å². The second-order valence-corrected chi connectivity index (χ2v) is 7.01. The number of aryl methyl sites for hydroxylation is 2. The topological polar surface area (TPSA) is 53.1 Å². The molecule has 3 nitrogen and oxygen atoms in total. The van der Waals surface area contributed by atoms with E-state index >= 15 is 0 Å². The summed E-state index contributed by atoms with van der Waals surface area (Å²) in [7, 11) is 0. The Bertz CT molecular complexity index is 1120. The molecule has 1 atom stereocenters. The number of hydrogen-bond acceptors (Lipinski definition) is 2. The van der Waals surface area contributed by atoms with Crippen LogP contribution in [0.5, 0.6) is 5.75 Å². The van der Waals surface area contributed by atoms with Crippen LogP contribution in [0, 0.1) is 13.8 Å². The summed E-state index contributed by atoms with van der Waals surface area (Å²) < 4.78 is 0. The number of para-hydroxylation sites is 1. The molecule has 3 aromatic carbocycles. The van der Waals surface area contributed by atoms with Crippen LogP contribution in [0.15, 0.2) is 72.8 Å². The van der Waals surface area contributed by atoms with Crippen molar-refractivity contribution < 1.29 is 9.90 Å². The smallest absolute Gasteiger partial charge is 0.140 e. The summed E-state index contributed by atoms with van der Waals surface area (Å²) in [6, 6.07) is 23.0. The first kappa shape index (κ1) is 17.1. The lowest BCUT2D eigenvalue weighted by atomic mass is 9.71. The molecule has 27 heavy (non-hydrogen) atoms. The number of hydrogen-bond donors (Lipinski definition) is 2. The van der Waals surface area contributed by atoms with Gasteiger partial charge in [0.25, 0.3) is 0 Å². The van der Waals surface area contributed by atoms with E-state index < -0.39 is 5.41 Å². The van der Waals surface area contributed by atoms with Crippen molar-refractivity contribution in [3.8, 4) is 5.75 Å². The van der Waals surface area contributed by atoms with Gasteiger partial charge in [0.05, 0.1) is 0 Å². The largest absolute Gasteiger partial charge is 0.508 e. The monoisotopic (exact) mass is 355 g/mol. The first-order valence-electron chi connectivity index (χ1n) is 8.97. The Morgan fingerprint density at radius 3 is 2.30 bits per heavy atom. The lowest BCUT2D eigenvalue weighted by Gasteiger charge is -2.30. The third kappa shape index (κ3) is 2.63. The van der Waals surface area contributed by atoms with Crippen molar-refractivity contribution >= 4 is 17.2 Å². The second kappa shape index (κ2) is 6.44. The number of rotatable bonds is 4. The predicted octanol–water partition coefficient (Wildman–Crippen LogP) is 5.02. The van der Waals surface area contributed by atoms with Crippen LogP contribution in [-0.2, 0) is 10.2 Å². The maximum absolute atomic E-state index is 12.8. The zero-order valence-corrected chi connectivity index (χ0v) is 15.4. The molecule has 3 heteroatoms. The SMILES string of the molecule is Cc1cccc([C@](C=O)(c2ccc(O)cc2)c2[nH]c3ccccc3c2C)c1. The van der Waals surface area contributed by atoms with Gasteiger partial charge in [-0.2, -0.15) is 0 Å². The van der Waals surface area contributed by atoms with Gasteiger partial charge in [-0.05, 0) is 48.7 Å². The number of carbonyl (C=O) groups excluding carboxylic acids is 1. The lowest BCUT2D eigenvalue weighted by molar-refractivity contribution is -0.110. The third-order valence-electron chi connectivity index (χ3n) is 5.33. The number of H-pyrrole nitrogens is 1. The summed E-state index contributed by atoms with van der Waals surface area (Å²) in [5.74, 6) is 0.177. The van der Waals surface area contributed by atoms with Crippen LogP contribution < -0.4 is 0 Å². The van der Waals surface area contributed by atoms with Crippen LogP contribution in [0.2, 0.25) is 0 Å². The highest BCUT2D eigenvalue weighted by Gasteiger charge is 2.39. The molecule has 0 aliphatic heterocycles. The first-order valence-corrected chi connectivity index (χ1v) is 8.97. The molecule has 0 fully saturated rings. The molecule has 0 aliphatic carbocycles. The number of aldehydes is 1. The molecule has 4 aromatic rings. The summed E-state index contributed by atoms with van der Waals surface area (Å²) in [6.45, 7) is 4.07. The Kier molecular flexibility index (Phi) is 4.08. The van der Waals surface area contributed by atoms with Crippen molar-refractivity contribution in [1.82, 2.24) is 4.98 Å². The summed E-state index contributed by atoms with van der Waals surface area (Å²) in [5, 5.41) is 10.9. The van der Waals surface area contributed by atoms with E-state index in [4.69, 9.17) is 0 Å². The fourth-order valence-corrected chi connectivity index (χ4v) is 3.94. The van der Waals surface area contributed by atoms with Gasteiger partial charge < -0.3 is 14.9 Å². The molecule has 0 spiro atoms. The van der Waals surface area contributed by atoms with E-state index in [1.165, 1.54) is 0 Å². The molecule has 4 rings (SSSR count). The van der Waals surface area contributed by atoms with Crippen molar-refractivity contribution in [2.45, 2.75) is 19.3 Å². The predicted molar refractivity (Wildman–Crippen MR) is 108 cm³/mol.